The molecule has 0 aromatic heterocycles. The highest BCUT2D eigenvalue weighted by atomic mass is 16.6. The molecular weight excluding hydrogens is 566 g/mol. The molecule has 0 radical (unpaired) electrons. The number of esters is 3. The van der Waals surface area contributed by atoms with E-state index < -0.39 is 17.9 Å². The Labute approximate surface area is 251 Å². The van der Waals surface area contributed by atoms with Crippen LogP contribution in [0.3, 0.4) is 0 Å². The largest absolute Gasteiger partial charge is 0.460 e. The van der Waals surface area contributed by atoms with Gasteiger partial charge >= 0.3 is 17.9 Å². The fourth-order valence-electron chi connectivity index (χ4n) is 3.34. The number of ether oxygens (including phenoxy) is 9. The van der Waals surface area contributed by atoms with Crippen molar-refractivity contribution in [2.45, 2.75) is 0 Å². The molecule has 43 heavy (non-hydrogen) atoms. The van der Waals surface area contributed by atoms with E-state index in [-0.39, 0.29) is 43.1 Å². The summed E-state index contributed by atoms with van der Waals surface area (Å²) in [7, 11) is 4.94. The first-order valence-corrected chi connectivity index (χ1v) is 13.8. The summed E-state index contributed by atoms with van der Waals surface area (Å²) >= 11 is 0. The van der Waals surface area contributed by atoms with Gasteiger partial charge in [-0.2, -0.15) is 0 Å². The molecule has 238 valence electrons. The molecule has 13 heteroatoms. The molecule has 2 aromatic carbocycles. The molecule has 0 saturated carbocycles. The van der Waals surface area contributed by atoms with Crippen molar-refractivity contribution in [1.82, 2.24) is 0 Å². The molecule has 0 unspecified atom stereocenters. The van der Waals surface area contributed by atoms with Gasteiger partial charge in [0.15, 0.2) is 0 Å². The van der Waals surface area contributed by atoms with Crippen molar-refractivity contribution in [3.05, 3.63) is 59.2 Å². The monoisotopic (exact) mass is 607 g/mol. The van der Waals surface area contributed by atoms with Gasteiger partial charge in [-0.3, -0.25) is 0 Å². The molecule has 0 fully saturated rings. The maximum absolute atomic E-state index is 13.0. The van der Waals surface area contributed by atoms with Gasteiger partial charge in [-0.15, -0.1) is 0 Å². The Morgan fingerprint density at radius 3 is 1.51 bits per heavy atom. The second kappa shape index (κ2) is 22.0. The number of hydrogen-bond acceptors (Lipinski definition) is 13. The van der Waals surface area contributed by atoms with E-state index in [9.17, 15) is 14.4 Å². The van der Waals surface area contributed by atoms with Crippen LogP contribution < -0.4 is 10.1 Å². The molecule has 2 aromatic rings. The number of nitrogens with one attached hydrogen (secondary N) is 1. The minimum atomic E-state index is -0.829. The van der Waals surface area contributed by atoms with Crippen LogP contribution in [0.1, 0.15) is 31.1 Å². The average molecular weight is 608 g/mol. The second-order valence-electron chi connectivity index (χ2n) is 8.63. The third-order valence-corrected chi connectivity index (χ3v) is 5.58. The highest BCUT2D eigenvalue weighted by Crippen LogP contribution is 2.19. The fraction of sp³-hybridized carbons (Fsp3) is 0.500. The molecule has 0 spiro atoms. The van der Waals surface area contributed by atoms with Gasteiger partial charge in [0.2, 0.25) is 0 Å². The zero-order valence-corrected chi connectivity index (χ0v) is 24.9. The third-order valence-electron chi connectivity index (χ3n) is 5.58. The molecular formula is C30H41NO12. The van der Waals surface area contributed by atoms with Crippen LogP contribution >= 0.6 is 0 Å². The van der Waals surface area contributed by atoms with Crippen LogP contribution in [0.15, 0.2) is 42.5 Å². The second-order valence-corrected chi connectivity index (χ2v) is 8.63. The Balaban J connectivity index is 1.98. The van der Waals surface area contributed by atoms with Crippen molar-refractivity contribution in [2.24, 2.45) is 0 Å². The zero-order chi connectivity index (χ0) is 31.1. The topological polar surface area (TPSA) is 146 Å². The van der Waals surface area contributed by atoms with E-state index in [1.807, 2.05) is 0 Å². The number of hydrogen-bond donors (Lipinski definition) is 1. The van der Waals surface area contributed by atoms with Crippen LogP contribution in [-0.2, 0) is 37.9 Å². The summed E-state index contributed by atoms with van der Waals surface area (Å²) in [5.41, 5.74) is 0.661. The van der Waals surface area contributed by atoms with Gasteiger partial charge in [0.1, 0.15) is 19.0 Å². The summed E-state index contributed by atoms with van der Waals surface area (Å²) in [4.78, 5) is 38.6. The first-order valence-electron chi connectivity index (χ1n) is 13.8. The first-order chi connectivity index (χ1) is 21.0. The minimum absolute atomic E-state index is 0.0439. The van der Waals surface area contributed by atoms with E-state index in [4.69, 9.17) is 42.6 Å². The van der Waals surface area contributed by atoms with Gasteiger partial charge in [0.25, 0.3) is 0 Å². The standard InChI is InChI=1S/C30H41NO12/c1-31-24-5-7-25(8-6-24)43-28(32)23-4-9-26(29(33)41-20-18-39-16-14-37-12-10-35-2)27(22-23)30(34)42-21-19-40-17-15-38-13-11-36-3/h4-9,22,31H,10-21H2,1-3H3. The van der Waals surface area contributed by atoms with Crippen LogP contribution in [-0.4, -0.2) is 118 Å². The van der Waals surface area contributed by atoms with E-state index in [2.05, 4.69) is 5.32 Å². The number of benzene rings is 2. The van der Waals surface area contributed by atoms with Gasteiger partial charge in [-0.05, 0) is 42.5 Å². The molecule has 0 aliphatic rings. The Kier molecular flexibility index (Phi) is 18.2. The van der Waals surface area contributed by atoms with Gasteiger partial charge in [0.05, 0.1) is 82.8 Å². The van der Waals surface area contributed by atoms with Gasteiger partial charge in [0, 0.05) is 27.0 Å². The highest BCUT2D eigenvalue weighted by Gasteiger charge is 2.23. The van der Waals surface area contributed by atoms with Crippen LogP contribution in [0.5, 0.6) is 5.75 Å². The summed E-state index contributed by atoms with van der Waals surface area (Å²) in [6.07, 6.45) is 0. The Bertz CT molecular complexity index is 1090. The van der Waals surface area contributed by atoms with Gasteiger partial charge < -0.3 is 47.9 Å². The number of anilines is 1. The predicted molar refractivity (Wildman–Crippen MR) is 155 cm³/mol. The van der Waals surface area contributed by atoms with Gasteiger partial charge in [-0.1, -0.05) is 0 Å². The van der Waals surface area contributed by atoms with Crippen molar-refractivity contribution in [2.75, 3.05) is 106 Å². The van der Waals surface area contributed by atoms with E-state index in [1.54, 1.807) is 45.5 Å². The zero-order valence-electron chi connectivity index (χ0n) is 24.9. The van der Waals surface area contributed by atoms with Crippen molar-refractivity contribution in [3.63, 3.8) is 0 Å². The lowest BCUT2D eigenvalue weighted by Crippen LogP contribution is -2.19. The molecule has 1 N–H and O–H groups in total. The molecule has 0 aliphatic heterocycles. The number of methoxy groups -OCH3 is 2. The predicted octanol–water partition coefficient (Wildman–Crippen LogP) is 2.62. The number of carbonyl (C=O) groups excluding carboxylic acids is 3. The molecule has 0 amide bonds. The summed E-state index contributed by atoms with van der Waals surface area (Å²) in [6, 6.07) is 10.7. The molecule has 0 bridgehead atoms. The van der Waals surface area contributed by atoms with Crippen molar-refractivity contribution in [3.8, 4) is 5.75 Å². The smallest absolute Gasteiger partial charge is 0.343 e. The molecule has 13 nitrogen and oxygen atoms in total. The summed E-state index contributed by atoms with van der Waals surface area (Å²) < 4.78 is 47.2. The summed E-state index contributed by atoms with van der Waals surface area (Å²) in [6.45, 7) is 3.31. The number of rotatable bonds is 23. The maximum atomic E-state index is 13.0. The third kappa shape index (κ3) is 14.4. The van der Waals surface area contributed by atoms with Crippen LogP contribution in [0.2, 0.25) is 0 Å². The average Bonchev–Trinajstić information content (AvgIpc) is 3.03. The summed E-state index contributed by atoms with van der Waals surface area (Å²) in [5.74, 6) is -2.02. The van der Waals surface area contributed by atoms with E-state index in [0.29, 0.717) is 58.6 Å². The number of carbonyl (C=O) groups is 3. The molecule has 0 saturated heterocycles. The highest BCUT2D eigenvalue weighted by molar-refractivity contribution is 6.05. The van der Waals surface area contributed by atoms with Crippen molar-refractivity contribution >= 4 is 23.6 Å². The van der Waals surface area contributed by atoms with Gasteiger partial charge in [-0.25, -0.2) is 14.4 Å². The summed E-state index contributed by atoms with van der Waals surface area (Å²) in [5, 5.41) is 2.97. The maximum Gasteiger partial charge on any atom is 0.343 e. The van der Waals surface area contributed by atoms with Crippen LogP contribution in [0.25, 0.3) is 0 Å². The molecule has 0 atom stereocenters. The Morgan fingerprint density at radius 2 is 1.02 bits per heavy atom. The lowest BCUT2D eigenvalue weighted by molar-refractivity contribution is 0.00422. The molecule has 2 rings (SSSR count). The quantitative estimate of drug-likeness (QED) is 0.112. The SMILES string of the molecule is CNc1ccc(OC(=O)c2ccc(C(=O)OCCOCCOCCOC)c(C(=O)OCCOCCOCCOC)c2)cc1. The van der Waals surface area contributed by atoms with Crippen LogP contribution in [0.4, 0.5) is 5.69 Å². The Morgan fingerprint density at radius 1 is 0.558 bits per heavy atom. The first kappa shape index (κ1) is 35.6. The van der Waals surface area contributed by atoms with E-state index in [1.165, 1.54) is 18.2 Å². The van der Waals surface area contributed by atoms with Crippen molar-refractivity contribution in [1.29, 1.82) is 0 Å². The normalized spacial score (nSPS) is 10.8. The Hall–Kier alpha value is -3.59. The van der Waals surface area contributed by atoms with Crippen molar-refractivity contribution < 1.29 is 57.0 Å². The van der Waals surface area contributed by atoms with E-state index >= 15 is 0 Å². The molecule has 0 heterocycles. The lowest BCUT2D eigenvalue weighted by Gasteiger charge is -2.12. The van der Waals surface area contributed by atoms with Crippen LogP contribution in [0, 0.1) is 0 Å². The molecule has 0 aliphatic carbocycles. The van der Waals surface area contributed by atoms with E-state index in [0.717, 1.165) is 5.69 Å². The fourth-order valence-corrected chi connectivity index (χ4v) is 3.34. The lowest BCUT2D eigenvalue weighted by atomic mass is 10.0. The minimum Gasteiger partial charge on any atom is -0.460 e.